The van der Waals surface area contributed by atoms with Crippen molar-refractivity contribution in [1.82, 2.24) is 5.32 Å². The maximum atomic E-state index is 11.7. The lowest BCUT2D eigenvalue weighted by atomic mass is 9.94. The Kier molecular flexibility index (Phi) is 4.04. The van der Waals surface area contributed by atoms with Gasteiger partial charge in [-0.25, -0.2) is 8.42 Å². The zero-order chi connectivity index (χ0) is 14.8. The number of hydrogen-bond donors (Lipinski definition) is 2. The molecule has 2 N–H and O–H groups in total. The van der Waals surface area contributed by atoms with Crippen molar-refractivity contribution in [3.05, 3.63) is 17.9 Å². The van der Waals surface area contributed by atoms with Crippen LogP contribution in [0.25, 0.3) is 0 Å². The first-order valence-corrected chi connectivity index (χ1v) is 7.25. The second-order valence-electron chi connectivity index (χ2n) is 4.76. The highest BCUT2D eigenvalue weighted by Crippen LogP contribution is 2.16. The zero-order valence-corrected chi connectivity index (χ0v) is 11.6. The molecule has 8 heteroatoms. The molecule has 106 valence electrons. The summed E-state index contributed by atoms with van der Waals surface area (Å²) in [6, 6.07) is 2.39. The van der Waals surface area contributed by atoms with Crippen molar-refractivity contribution >= 4 is 21.7 Å². The Labute approximate surface area is 110 Å². The van der Waals surface area contributed by atoms with Gasteiger partial charge in [-0.3, -0.25) is 9.59 Å². The van der Waals surface area contributed by atoms with E-state index in [1.54, 1.807) is 0 Å². The van der Waals surface area contributed by atoms with Crippen molar-refractivity contribution in [1.29, 1.82) is 0 Å². The van der Waals surface area contributed by atoms with E-state index in [4.69, 9.17) is 9.52 Å². The van der Waals surface area contributed by atoms with E-state index in [1.807, 2.05) is 0 Å². The maximum absolute atomic E-state index is 11.7. The molecular weight excluding hydrogens is 274 g/mol. The molecular formula is C11H15NO6S. The lowest BCUT2D eigenvalue weighted by molar-refractivity contribution is -0.146. The normalized spacial score (nSPS) is 12.2. The molecule has 0 aliphatic carbocycles. The van der Waals surface area contributed by atoms with Gasteiger partial charge in [0.25, 0.3) is 5.91 Å². The fourth-order valence-corrected chi connectivity index (χ4v) is 1.66. The summed E-state index contributed by atoms with van der Waals surface area (Å²) in [6.07, 6.45) is 0.959. The van der Waals surface area contributed by atoms with Gasteiger partial charge in [-0.05, 0) is 26.0 Å². The molecule has 0 bridgehead atoms. The molecule has 0 saturated carbocycles. The summed E-state index contributed by atoms with van der Waals surface area (Å²) in [4.78, 5) is 22.5. The van der Waals surface area contributed by atoms with Crippen molar-refractivity contribution in [2.45, 2.75) is 18.9 Å². The summed E-state index contributed by atoms with van der Waals surface area (Å²) in [5, 5.41) is 10.9. The van der Waals surface area contributed by atoms with Crippen LogP contribution in [-0.2, 0) is 14.6 Å². The molecule has 1 rings (SSSR count). The van der Waals surface area contributed by atoms with Crippen LogP contribution in [0.2, 0.25) is 0 Å². The van der Waals surface area contributed by atoms with Gasteiger partial charge in [0.1, 0.15) is 0 Å². The van der Waals surface area contributed by atoms with Gasteiger partial charge in [-0.2, -0.15) is 0 Å². The minimum Gasteiger partial charge on any atom is -0.481 e. The summed E-state index contributed by atoms with van der Waals surface area (Å²) >= 11 is 0. The third-order valence-corrected chi connectivity index (χ3v) is 3.39. The summed E-state index contributed by atoms with van der Waals surface area (Å²) in [5.74, 6) is -1.89. The van der Waals surface area contributed by atoms with Crippen LogP contribution in [0, 0.1) is 5.41 Å². The van der Waals surface area contributed by atoms with E-state index in [0.717, 1.165) is 6.26 Å². The molecule has 1 amide bonds. The van der Waals surface area contributed by atoms with E-state index in [9.17, 15) is 18.0 Å². The summed E-state index contributed by atoms with van der Waals surface area (Å²) in [6.45, 7) is 2.81. The molecule has 1 aromatic rings. The third-order valence-electron chi connectivity index (χ3n) is 2.44. The van der Waals surface area contributed by atoms with Crippen molar-refractivity contribution < 1.29 is 27.5 Å². The van der Waals surface area contributed by atoms with E-state index in [0.29, 0.717) is 0 Å². The Morgan fingerprint density at radius 2 is 1.95 bits per heavy atom. The maximum Gasteiger partial charge on any atom is 0.310 e. The first-order chi connectivity index (χ1) is 8.54. The van der Waals surface area contributed by atoms with Crippen LogP contribution in [0.15, 0.2) is 21.6 Å². The molecule has 0 aliphatic heterocycles. The number of carbonyl (C=O) groups excluding carboxylic acids is 1. The number of amides is 1. The van der Waals surface area contributed by atoms with Crippen LogP contribution >= 0.6 is 0 Å². The molecule has 0 spiro atoms. The topological polar surface area (TPSA) is 114 Å². The molecule has 1 heterocycles. The van der Waals surface area contributed by atoms with Crippen molar-refractivity contribution in [3.63, 3.8) is 0 Å². The Hall–Kier alpha value is -1.83. The van der Waals surface area contributed by atoms with Gasteiger partial charge in [-0.15, -0.1) is 0 Å². The highest BCUT2D eigenvalue weighted by atomic mass is 32.2. The van der Waals surface area contributed by atoms with Crippen molar-refractivity contribution in [2.75, 3.05) is 12.8 Å². The average Bonchev–Trinajstić information content (AvgIpc) is 2.74. The number of sulfone groups is 1. The second kappa shape index (κ2) is 5.04. The first kappa shape index (κ1) is 15.2. The highest BCUT2D eigenvalue weighted by molar-refractivity contribution is 7.90. The SMILES string of the molecule is CC(C)(CNC(=O)c1ccc(S(C)(=O)=O)o1)C(=O)O. The number of aliphatic carboxylic acids is 1. The third kappa shape index (κ3) is 3.82. The molecule has 19 heavy (non-hydrogen) atoms. The van der Waals surface area contributed by atoms with Gasteiger partial charge in [0.15, 0.2) is 5.76 Å². The molecule has 0 unspecified atom stereocenters. The fraction of sp³-hybridized carbons (Fsp3) is 0.455. The molecule has 0 radical (unpaired) electrons. The molecule has 0 aromatic carbocycles. The van der Waals surface area contributed by atoms with Gasteiger partial charge in [0.05, 0.1) is 5.41 Å². The van der Waals surface area contributed by atoms with Crippen molar-refractivity contribution in [3.8, 4) is 0 Å². The van der Waals surface area contributed by atoms with Gasteiger partial charge < -0.3 is 14.8 Å². The molecule has 0 atom stereocenters. The fourth-order valence-electron chi connectivity index (χ4n) is 1.11. The van der Waals surface area contributed by atoms with E-state index in [2.05, 4.69) is 5.32 Å². The first-order valence-electron chi connectivity index (χ1n) is 5.35. The summed E-state index contributed by atoms with van der Waals surface area (Å²) < 4.78 is 27.2. The number of nitrogens with one attached hydrogen (secondary N) is 1. The lowest BCUT2D eigenvalue weighted by Gasteiger charge is -2.18. The number of hydrogen-bond acceptors (Lipinski definition) is 5. The van der Waals surface area contributed by atoms with Crippen LogP contribution in [0.5, 0.6) is 0 Å². The number of carbonyl (C=O) groups is 2. The van der Waals surface area contributed by atoms with E-state index >= 15 is 0 Å². The summed E-state index contributed by atoms with van der Waals surface area (Å²) in [5.41, 5.74) is -1.12. The van der Waals surface area contributed by atoms with Crippen LogP contribution < -0.4 is 5.32 Å². The molecule has 0 saturated heterocycles. The van der Waals surface area contributed by atoms with E-state index in [-0.39, 0.29) is 17.4 Å². The van der Waals surface area contributed by atoms with Crippen LogP contribution in [0.4, 0.5) is 0 Å². The number of rotatable bonds is 5. The minimum absolute atomic E-state index is 0.101. The predicted octanol–water partition coefficient (Wildman–Crippen LogP) is 0.524. The average molecular weight is 289 g/mol. The van der Waals surface area contributed by atoms with Crippen molar-refractivity contribution in [2.24, 2.45) is 5.41 Å². The lowest BCUT2D eigenvalue weighted by Crippen LogP contribution is -2.38. The Balaban J connectivity index is 2.75. The Bertz CT molecular complexity index is 598. The second-order valence-corrected chi connectivity index (χ2v) is 6.71. The van der Waals surface area contributed by atoms with Crippen LogP contribution in [-0.4, -0.2) is 38.2 Å². The standard InChI is InChI=1S/C11H15NO6S/c1-11(2,10(14)15)6-12-9(13)7-4-5-8(18-7)19(3,16)17/h4-5H,6H2,1-3H3,(H,12,13)(H,14,15). The predicted molar refractivity (Wildman–Crippen MR) is 65.6 cm³/mol. The zero-order valence-electron chi connectivity index (χ0n) is 10.8. The molecule has 7 nitrogen and oxygen atoms in total. The van der Waals surface area contributed by atoms with Gasteiger partial charge in [0.2, 0.25) is 14.9 Å². The van der Waals surface area contributed by atoms with Gasteiger partial charge in [-0.1, -0.05) is 0 Å². The monoisotopic (exact) mass is 289 g/mol. The number of carboxylic acids is 1. The quantitative estimate of drug-likeness (QED) is 0.817. The Morgan fingerprint density at radius 1 is 1.37 bits per heavy atom. The van der Waals surface area contributed by atoms with Crippen LogP contribution in [0.3, 0.4) is 0 Å². The molecule has 0 aliphatic rings. The van der Waals surface area contributed by atoms with Crippen LogP contribution in [0.1, 0.15) is 24.4 Å². The largest absolute Gasteiger partial charge is 0.481 e. The van der Waals surface area contributed by atoms with Gasteiger partial charge in [0, 0.05) is 12.8 Å². The highest BCUT2D eigenvalue weighted by Gasteiger charge is 2.28. The Morgan fingerprint density at radius 3 is 2.37 bits per heavy atom. The smallest absolute Gasteiger partial charge is 0.310 e. The molecule has 1 aromatic heterocycles. The van der Waals surface area contributed by atoms with Gasteiger partial charge >= 0.3 is 5.97 Å². The number of furan rings is 1. The van der Waals surface area contributed by atoms with E-state index in [1.165, 1.54) is 26.0 Å². The number of carboxylic acid groups (broad SMARTS) is 1. The minimum atomic E-state index is -3.51. The summed E-state index contributed by atoms with van der Waals surface area (Å²) in [7, 11) is -3.51. The van der Waals surface area contributed by atoms with E-state index < -0.39 is 27.1 Å². The molecule has 0 fully saturated rings.